The zero-order valence-corrected chi connectivity index (χ0v) is 24.7. The van der Waals surface area contributed by atoms with E-state index >= 15 is 0 Å². The Labute approximate surface area is 236 Å². The van der Waals surface area contributed by atoms with E-state index in [0.29, 0.717) is 5.16 Å². The number of fused-ring (bicyclic) bond motifs is 3. The standard InChI is InChI=1S/C30H33N3O2S3/c1-19-10-14-22(15-11-19)33-28(35)26-23-16-30(3,4)37-17-24(23)38-27(26)32-29(33)36-18-25(34)31-20(2)12-13-21-8-6-5-7-9-21/h5-11,14-15,20H,12-13,16-18H2,1-4H3,(H,31,34). The molecule has 1 amide bonds. The number of benzene rings is 2. The number of nitrogens with one attached hydrogen (secondary N) is 1. The number of thiophene rings is 1. The normalized spacial score (nSPS) is 15.3. The highest BCUT2D eigenvalue weighted by Gasteiger charge is 2.31. The lowest BCUT2D eigenvalue weighted by Gasteiger charge is -2.28. The minimum Gasteiger partial charge on any atom is -0.353 e. The summed E-state index contributed by atoms with van der Waals surface area (Å²) in [6, 6.07) is 18.3. The summed E-state index contributed by atoms with van der Waals surface area (Å²) >= 11 is 4.88. The summed E-state index contributed by atoms with van der Waals surface area (Å²) in [5.41, 5.74) is 4.27. The Hall–Kier alpha value is -2.55. The molecule has 0 saturated heterocycles. The molecule has 1 aliphatic rings. The molecule has 4 aromatic rings. The van der Waals surface area contributed by atoms with E-state index in [4.69, 9.17) is 4.98 Å². The topological polar surface area (TPSA) is 64.0 Å². The minimum absolute atomic E-state index is 0.0433. The molecule has 0 radical (unpaired) electrons. The predicted octanol–water partition coefficient (Wildman–Crippen LogP) is 6.55. The van der Waals surface area contributed by atoms with Gasteiger partial charge in [-0.15, -0.1) is 23.1 Å². The van der Waals surface area contributed by atoms with Crippen molar-refractivity contribution in [3.05, 3.63) is 86.5 Å². The van der Waals surface area contributed by atoms with Crippen LogP contribution >= 0.6 is 34.9 Å². The molecule has 2 aromatic heterocycles. The highest BCUT2D eigenvalue weighted by Crippen LogP contribution is 2.44. The molecule has 5 nitrogen and oxygen atoms in total. The van der Waals surface area contributed by atoms with Gasteiger partial charge in [0.05, 0.1) is 16.8 Å². The molecule has 1 unspecified atom stereocenters. The quantitative estimate of drug-likeness (QED) is 0.194. The van der Waals surface area contributed by atoms with Crippen molar-refractivity contribution in [3.8, 4) is 5.69 Å². The Kier molecular flexibility index (Phi) is 8.03. The van der Waals surface area contributed by atoms with Gasteiger partial charge >= 0.3 is 0 Å². The first-order valence-electron chi connectivity index (χ1n) is 12.9. The molecule has 2 aromatic carbocycles. The molecule has 3 heterocycles. The van der Waals surface area contributed by atoms with Gasteiger partial charge in [0.1, 0.15) is 4.83 Å². The lowest BCUT2D eigenvalue weighted by molar-refractivity contribution is -0.119. The Morgan fingerprint density at radius 3 is 2.63 bits per heavy atom. The van der Waals surface area contributed by atoms with Crippen LogP contribution in [0.15, 0.2) is 64.5 Å². The first kappa shape index (κ1) is 27.0. The molecule has 198 valence electrons. The van der Waals surface area contributed by atoms with Crippen LogP contribution in [0.5, 0.6) is 0 Å². The Morgan fingerprint density at radius 2 is 1.89 bits per heavy atom. The van der Waals surface area contributed by atoms with Crippen LogP contribution in [0, 0.1) is 6.92 Å². The molecule has 0 bridgehead atoms. The highest BCUT2D eigenvalue weighted by atomic mass is 32.2. The number of amides is 1. The summed E-state index contributed by atoms with van der Waals surface area (Å²) in [6.45, 7) is 8.54. The largest absolute Gasteiger partial charge is 0.353 e. The zero-order valence-electron chi connectivity index (χ0n) is 22.2. The second kappa shape index (κ2) is 11.3. The van der Waals surface area contributed by atoms with Crippen molar-refractivity contribution in [1.29, 1.82) is 0 Å². The SMILES string of the molecule is Cc1ccc(-n2c(SCC(=O)NC(C)CCc3ccccc3)nc3sc4c(c3c2=O)CC(C)(C)SC4)cc1. The number of carbonyl (C=O) groups is 1. The van der Waals surface area contributed by atoms with E-state index in [2.05, 4.69) is 31.3 Å². The molecule has 1 aliphatic heterocycles. The molecule has 1 N–H and O–H groups in total. The number of thioether (sulfide) groups is 2. The van der Waals surface area contributed by atoms with E-state index in [1.807, 2.05) is 68.1 Å². The third kappa shape index (κ3) is 6.03. The molecular formula is C30H33N3O2S3. The smallest absolute Gasteiger partial charge is 0.267 e. The average molecular weight is 564 g/mol. The Balaban J connectivity index is 1.40. The second-order valence-corrected chi connectivity index (χ2v) is 14.3. The number of carbonyl (C=O) groups excluding carboxylic acids is 1. The number of nitrogens with zero attached hydrogens (tertiary/aromatic N) is 2. The van der Waals surface area contributed by atoms with Crippen LogP contribution in [-0.4, -0.2) is 32.0 Å². The van der Waals surface area contributed by atoms with Crippen molar-refractivity contribution < 1.29 is 4.79 Å². The maximum absolute atomic E-state index is 14.0. The fourth-order valence-electron chi connectivity index (χ4n) is 4.74. The van der Waals surface area contributed by atoms with Crippen molar-refractivity contribution in [2.45, 2.75) is 68.7 Å². The van der Waals surface area contributed by atoms with Crippen molar-refractivity contribution in [2.75, 3.05) is 5.75 Å². The van der Waals surface area contributed by atoms with Crippen molar-refractivity contribution >= 4 is 51.0 Å². The molecule has 5 rings (SSSR count). The van der Waals surface area contributed by atoms with Gasteiger partial charge in [-0.3, -0.25) is 14.2 Å². The molecule has 0 fully saturated rings. The van der Waals surface area contributed by atoms with Crippen LogP contribution in [0.3, 0.4) is 0 Å². The van der Waals surface area contributed by atoms with Gasteiger partial charge in [0.25, 0.3) is 5.56 Å². The summed E-state index contributed by atoms with van der Waals surface area (Å²) < 4.78 is 1.78. The summed E-state index contributed by atoms with van der Waals surface area (Å²) in [4.78, 5) is 33.9. The summed E-state index contributed by atoms with van der Waals surface area (Å²) in [7, 11) is 0. The van der Waals surface area contributed by atoms with Crippen molar-refractivity contribution in [3.63, 3.8) is 0 Å². The van der Waals surface area contributed by atoms with E-state index in [9.17, 15) is 9.59 Å². The van der Waals surface area contributed by atoms with Gasteiger partial charge in [-0.2, -0.15) is 0 Å². The minimum atomic E-state index is -0.0519. The Bertz CT molecular complexity index is 1510. The third-order valence-corrected chi connectivity index (χ3v) is 10.4. The molecule has 0 saturated carbocycles. The maximum Gasteiger partial charge on any atom is 0.267 e. The van der Waals surface area contributed by atoms with E-state index in [0.717, 1.165) is 52.0 Å². The Morgan fingerprint density at radius 1 is 1.16 bits per heavy atom. The van der Waals surface area contributed by atoms with Crippen molar-refractivity contribution in [2.24, 2.45) is 0 Å². The van der Waals surface area contributed by atoms with Gasteiger partial charge in [-0.1, -0.05) is 73.6 Å². The van der Waals surface area contributed by atoms with Gasteiger partial charge in [-0.05, 0) is 56.4 Å². The summed E-state index contributed by atoms with van der Waals surface area (Å²) in [5.74, 6) is 1.05. The van der Waals surface area contributed by atoms with Crippen LogP contribution in [0.4, 0.5) is 0 Å². The van der Waals surface area contributed by atoms with Gasteiger partial charge in [0.15, 0.2) is 5.16 Å². The van der Waals surface area contributed by atoms with Gasteiger partial charge in [-0.25, -0.2) is 4.98 Å². The lowest BCUT2D eigenvalue weighted by atomic mass is 10.00. The fraction of sp³-hybridized carbons (Fsp3) is 0.367. The van der Waals surface area contributed by atoms with Crippen LogP contribution in [-0.2, 0) is 23.4 Å². The van der Waals surface area contributed by atoms with Gasteiger partial charge in [0, 0.05) is 21.4 Å². The van der Waals surface area contributed by atoms with Crippen LogP contribution in [0.2, 0.25) is 0 Å². The summed E-state index contributed by atoms with van der Waals surface area (Å²) in [6.07, 6.45) is 2.64. The lowest BCUT2D eigenvalue weighted by Crippen LogP contribution is -2.34. The molecular weight excluding hydrogens is 531 g/mol. The number of aromatic nitrogens is 2. The maximum atomic E-state index is 14.0. The number of rotatable bonds is 8. The molecule has 0 aliphatic carbocycles. The fourth-order valence-corrected chi connectivity index (χ4v) is 7.94. The third-order valence-electron chi connectivity index (χ3n) is 6.81. The van der Waals surface area contributed by atoms with Crippen LogP contribution in [0.25, 0.3) is 15.9 Å². The van der Waals surface area contributed by atoms with Gasteiger partial charge in [0.2, 0.25) is 5.91 Å². The molecule has 0 spiro atoms. The highest BCUT2D eigenvalue weighted by molar-refractivity contribution is 8.00. The zero-order chi connectivity index (χ0) is 26.9. The average Bonchev–Trinajstić information content (AvgIpc) is 3.24. The van der Waals surface area contributed by atoms with Crippen molar-refractivity contribution in [1.82, 2.24) is 14.9 Å². The first-order chi connectivity index (χ1) is 18.2. The number of hydrogen-bond acceptors (Lipinski definition) is 6. The monoisotopic (exact) mass is 563 g/mol. The summed E-state index contributed by atoms with van der Waals surface area (Å²) in [5, 5.41) is 4.41. The second-order valence-electron chi connectivity index (χ2n) is 10.6. The molecule has 38 heavy (non-hydrogen) atoms. The van der Waals surface area contributed by atoms with Gasteiger partial charge < -0.3 is 5.32 Å². The van der Waals surface area contributed by atoms with Crippen LogP contribution in [0.1, 0.15) is 48.8 Å². The first-order valence-corrected chi connectivity index (χ1v) is 15.7. The predicted molar refractivity (Wildman–Crippen MR) is 162 cm³/mol. The van der Waals surface area contributed by atoms with Crippen LogP contribution < -0.4 is 10.9 Å². The molecule has 8 heteroatoms. The number of aryl methyl sites for hydroxylation is 2. The molecule has 1 atom stereocenters. The van der Waals surface area contributed by atoms with E-state index < -0.39 is 0 Å². The van der Waals surface area contributed by atoms with E-state index in [1.165, 1.54) is 22.2 Å². The van der Waals surface area contributed by atoms with E-state index in [-0.39, 0.29) is 28.0 Å². The number of hydrogen-bond donors (Lipinski definition) is 1. The van der Waals surface area contributed by atoms with E-state index in [1.54, 1.807) is 15.9 Å².